The monoisotopic (exact) mass is 365 g/mol. The van der Waals surface area contributed by atoms with Gasteiger partial charge in [0.15, 0.2) is 0 Å². The number of fused-ring (bicyclic) bond motifs is 2. The van der Waals surface area contributed by atoms with Crippen molar-refractivity contribution in [2.24, 2.45) is 0 Å². The maximum absolute atomic E-state index is 11.9. The van der Waals surface area contributed by atoms with Gasteiger partial charge in [0.2, 0.25) is 5.91 Å². The number of aromatic nitrogens is 2. The van der Waals surface area contributed by atoms with Crippen LogP contribution in [0.5, 0.6) is 0 Å². The maximum Gasteiger partial charge on any atom is 0.220 e. The number of nitrogens with zero attached hydrogens (tertiary/aromatic N) is 3. The van der Waals surface area contributed by atoms with Crippen molar-refractivity contribution in [2.75, 3.05) is 11.9 Å². The third-order valence-corrected chi connectivity index (χ3v) is 5.25. The molecule has 138 valence electrons. The van der Waals surface area contributed by atoms with Crippen LogP contribution in [0.3, 0.4) is 0 Å². The molecule has 0 unspecified atom stereocenters. The van der Waals surface area contributed by atoms with Gasteiger partial charge in [-0.05, 0) is 36.5 Å². The molecule has 0 aromatic carbocycles. The van der Waals surface area contributed by atoms with Crippen LogP contribution in [0.2, 0.25) is 0 Å². The number of anilines is 1. The summed E-state index contributed by atoms with van der Waals surface area (Å²) in [5.41, 5.74) is 4.60. The molecular weight excluding hydrogens is 340 g/mol. The molecule has 0 saturated heterocycles. The Balaban J connectivity index is 1.75. The lowest BCUT2D eigenvalue weighted by atomic mass is 9.84. The van der Waals surface area contributed by atoms with E-state index < -0.39 is 6.98 Å². The predicted molar refractivity (Wildman–Crippen MR) is 103 cm³/mol. The molecule has 1 aliphatic heterocycles. The molecular formula is C21H22N4O2. The highest BCUT2D eigenvalue weighted by molar-refractivity contribution is 5.77. The summed E-state index contributed by atoms with van der Waals surface area (Å²) in [6.45, 7) is -0.667. The van der Waals surface area contributed by atoms with Gasteiger partial charge in [0.1, 0.15) is 17.5 Å². The number of carbonyl (C=O) groups is 1. The van der Waals surface area contributed by atoms with Crippen LogP contribution in [0, 0.1) is 0 Å². The lowest BCUT2D eigenvalue weighted by Crippen LogP contribution is -2.30. The standard InChI is InChI=1S/C21H22N4O2/c1-3-20(27)24-19-6-4-5-16-17(10-22-11-18(16)19)14-7-13-8-15(12-26)25(2)21(13)23-9-14/h7,9-11,19H,3-6,8H2,1-2H3,(H,24,27)/t19-/m1/s1/i2D3. The number of carbonyl (C=O) groups excluding carboxylic acids is 2. The van der Waals surface area contributed by atoms with E-state index in [4.69, 9.17) is 4.11 Å². The van der Waals surface area contributed by atoms with Crippen LogP contribution >= 0.6 is 0 Å². The van der Waals surface area contributed by atoms with Gasteiger partial charge in [-0.3, -0.25) is 9.78 Å². The van der Waals surface area contributed by atoms with E-state index in [1.54, 1.807) is 18.3 Å². The fourth-order valence-electron chi connectivity index (χ4n) is 3.87. The Morgan fingerprint density at radius 2 is 2.33 bits per heavy atom. The van der Waals surface area contributed by atoms with Crippen molar-refractivity contribution in [1.82, 2.24) is 15.3 Å². The fourth-order valence-corrected chi connectivity index (χ4v) is 3.87. The minimum absolute atomic E-state index is 0.00962. The van der Waals surface area contributed by atoms with E-state index in [1.807, 2.05) is 19.2 Å². The van der Waals surface area contributed by atoms with Gasteiger partial charge in [-0.1, -0.05) is 6.92 Å². The Bertz CT molecular complexity index is 1060. The zero-order chi connectivity index (χ0) is 21.5. The van der Waals surface area contributed by atoms with Gasteiger partial charge in [0, 0.05) is 59.2 Å². The maximum atomic E-state index is 11.9. The van der Waals surface area contributed by atoms with Crippen LogP contribution < -0.4 is 10.2 Å². The van der Waals surface area contributed by atoms with Crippen molar-refractivity contribution >= 4 is 17.7 Å². The van der Waals surface area contributed by atoms with E-state index in [1.165, 1.54) is 0 Å². The van der Waals surface area contributed by atoms with E-state index in [0.717, 1.165) is 46.4 Å². The summed E-state index contributed by atoms with van der Waals surface area (Å²) >= 11 is 0. The Hall–Kier alpha value is -2.98. The fraction of sp³-hybridized carbons (Fsp3) is 0.381. The third-order valence-electron chi connectivity index (χ3n) is 5.25. The van der Waals surface area contributed by atoms with E-state index in [2.05, 4.69) is 15.3 Å². The third kappa shape index (κ3) is 3.02. The quantitative estimate of drug-likeness (QED) is 0.847. The van der Waals surface area contributed by atoms with E-state index in [-0.39, 0.29) is 29.9 Å². The smallest absolute Gasteiger partial charge is 0.220 e. The second-order valence-corrected chi connectivity index (χ2v) is 6.89. The first-order valence-corrected chi connectivity index (χ1v) is 9.13. The molecule has 3 heterocycles. The topological polar surface area (TPSA) is 75.2 Å². The molecule has 1 amide bonds. The van der Waals surface area contributed by atoms with Gasteiger partial charge >= 0.3 is 0 Å². The van der Waals surface area contributed by atoms with Gasteiger partial charge in [-0.25, -0.2) is 9.78 Å². The average Bonchev–Trinajstić information content (AvgIpc) is 3.11. The van der Waals surface area contributed by atoms with Crippen LogP contribution in [0.1, 0.15) is 53.0 Å². The zero-order valence-electron chi connectivity index (χ0n) is 18.1. The van der Waals surface area contributed by atoms with Gasteiger partial charge in [0.25, 0.3) is 0 Å². The first kappa shape index (κ1) is 14.1. The number of likely N-dealkylation sites (N-methyl/N-ethyl adjacent to an activating group) is 1. The molecule has 1 aliphatic carbocycles. The summed E-state index contributed by atoms with van der Waals surface area (Å²) in [6, 6.07) is 1.81. The van der Waals surface area contributed by atoms with Crippen molar-refractivity contribution in [3.05, 3.63) is 47.0 Å². The lowest BCUT2D eigenvalue weighted by molar-refractivity contribution is -0.121. The number of amides is 1. The summed E-state index contributed by atoms with van der Waals surface area (Å²) in [5, 5.41) is 3.07. The van der Waals surface area contributed by atoms with Crippen LogP contribution in [0.4, 0.5) is 5.82 Å². The number of hydrogen-bond acceptors (Lipinski definition) is 5. The van der Waals surface area contributed by atoms with Crippen LogP contribution in [0.25, 0.3) is 11.1 Å². The normalized spacial score (nSPS) is 20.0. The minimum atomic E-state index is -2.50. The van der Waals surface area contributed by atoms with Crippen molar-refractivity contribution in [1.29, 1.82) is 0 Å². The Labute approximate surface area is 162 Å². The van der Waals surface area contributed by atoms with Gasteiger partial charge in [-0.15, -0.1) is 0 Å². The summed E-state index contributed by atoms with van der Waals surface area (Å²) in [5.74, 6) is 2.02. The van der Waals surface area contributed by atoms with Crippen LogP contribution in [-0.2, 0) is 22.4 Å². The number of hydrogen-bond donors (Lipinski definition) is 1. The summed E-state index contributed by atoms with van der Waals surface area (Å²) < 4.78 is 23.1. The number of pyridine rings is 2. The number of nitrogens with one attached hydrogen (secondary N) is 1. The second-order valence-electron chi connectivity index (χ2n) is 6.89. The molecule has 2 aromatic rings. The van der Waals surface area contributed by atoms with E-state index in [9.17, 15) is 9.59 Å². The molecule has 0 saturated carbocycles. The molecule has 0 radical (unpaired) electrons. The molecule has 0 spiro atoms. The van der Waals surface area contributed by atoms with Crippen LogP contribution in [0.15, 0.2) is 30.4 Å². The molecule has 6 heteroatoms. The van der Waals surface area contributed by atoms with Crippen molar-refractivity contribution < 1.29 is 13.7 Å². The predicted octanol–water partition coefficient (Wildman–Crippen LogP) is 2.76. The highest BCUT2D eigenvalue weighted by Crippen LogP contribution is 2.38. The van der Waals surface area contributed by atoms with E-state index in [0.29, 0.717) is 12.0 Å². The lowest BCUT2D eigenvalue weighted by Gasteiger charge is -2.27. The summed E-state index contributed by atoms with van der Waals surface area (Å²) in [4.78, 5) is 33.0. The highest BCUT2D eigenvalue weighted by Gasteiger charge is 2.27. The Kier molecular flexibility index (Phi) is 3.65. The molecule has 1 atom stereocenters. The molecule has 2 aromatic heterocycles. The molecule has 2 aliphatic rings. The largest absolute Gasteiger partial charge is 0.349 e. The molecule has 6 nitrogen and oxygen atoms in total. The molecule has 0 bridgehead atoms. The van der Waals surface area contributed by atoms with Crippen molar-refractivity contribution in [3.8, 4) is 11.1 Å². The van der Waals surface area contributed by atoms with Crippen LogP contribution in [-0.4, -0.2) is 28.8 Å². The molecule has 4 rings (SSSR count). The Morgan fingerprint density at radius 1 is 1.44 bits per heavy atom. The SMILES string of the molecule is [2H]C([2H])([2H])N1C(=C=O)Cc2cc(-c3cncc4c3CCC[C@H]4NC(=O)CC)cnc21. The van der Waals surface area contributed by atoms with Gasteiger partial charge < -0.3 is 10.2 Å². The second kappa shape index (κ2) is 6.97. The number of rotatable bonds is 3. The first-order chi connectivity index (χ1) is 14.3. The number of allylic oxidation sites excluding steroid dienone is 1. The van der Waals surface area contributed by atoms with Gasteiger partial charge in [-0.2, -0.15) is 0 Å². The molecule has 0 fully saturated rings. The highest BCUT2D eigenvalue weighted by atomic mass is 16.1. The van der Waals surface area contributed by atoms with E-state index >= 15 is 0 Å². The summed E-state index contributed by atoms with van der Waals surface area (Å²) in [7, 11) is 0. The van der Waals surface area contributed by atoms with Gasteiger partial charge in [0.05, 0.1) is 6.04 Å². The molecule has 27 heavy (non-hydrogen) atoms. The zero-order valence-corrected chi connectivity index (χ0v) is 15.1. The minimum Gasteiger partial charge on any atom is -0.349 e. The first-order valence-electron chi connectivity index (χ1n) is 10.6. The van der Waals surface area contributed by atoms with Crippen molar-refractivity contribution in [2.45, 2.75) is 45.1 Å². The Morgan fingerprint density at radius 3 is 3.11 bits per heavy atom. The van der Waals surface area contributed by atoms with Crippen molar-refractivity contribution in [3.63, 3.8) is 0 Å². The summed E-state index contributed by atoms with van der Waals surface area (Å²) in [6.07, 6.45) is 8.49. The molecule has 1 N–H and O–H groups in total. The average molecular weight is 365 g/mol.